The van der Waals surface area contributed by atoms with Gasteiger partial charge in [-0.3, -0.25) is 9.69 Å². The first-order valence-corrected chi connectivity index (χ1v) is 9.88. The number of fused-ring (bicyclic) bond motifs is 1. The van der Waals surface area contributed by atoms with E-state index in [2.05, 4.69) is 52.7 Å². The summed E-state index contributed by atoms with van der Waals surface area (Å²) in [5, 5.41) is 5.68. The molecule has 0 radical (unpaired) electrons. The van der Waals surface area contributed by atoms with Crippen LogP contribution in [0.1, 0.15) is 22.3 Å². The van der Waals surface area contributed by atoms with Crippen LogP contribution < -0.4 is 14.8 Å². The van der Waals surface area contributed by atoms with Crippen molar-refractivity contribution < 1.29 is 14.3 Å². The van der Waals surface area contributed by atoms with Crippen molar-refractivity contribution in [2.75, 3.05) is 27.3 Å². The molecular weight excluding hydrogens is 364 g/mol. The average molecular weight is 390 g/mol. The van der Waals surface area contributed by atoms with Gasteiger partial charge in [0.2, 0.25) is 0 Å². The van der Waals surface area contributed by atoms with Gasteiger partial charge in [0.1, 0.15) is 11.5 Å². The van der Waals surface area contributed by atoms with Crippen LogP contribution in [0.25, 0.3) is 10.8 Å². The standard InChI is InChI=1S/C24H26N2O3/c1-28-22-12-20(13-23(14-22)29-2)24(27)25-21-9-10-26(16-21)15-17-7-8-18-5-3-4-6-19(18)11-17/h3-8,11-14,21H,9-10,15-16H2,1-2H3,(H,25,27). The molecule has 0 saturated carbocycles. The van der Waals surface area contributed by atoms with Gasteiger partial charge in [-0.05, 0) is 41.0 Å². The lowest BCUT2D eigenvalue weighted by molar-refractivity contribution is 0.0937. The molecule has 0 aliphatic carbocycles. The van der Waals surface area contributed by atoms with Gasteiger partial charge < -0.3 is 14.8 Å². The number of nitrogens with one attached hydrogen (secondary N) is 1. The Morgan fingerprint density at radius 3 is 2.45 bits per heavy atom. The summed E-state index contributed by atoms with van der Waals surface area (Å²) in [5.74, 6) is 1.12. The molecule has 5 heteroatoms. The fourth-order valence-corrected chi connectivity index (χ4v) is 3.90. The first-order chi connectivity index (χ1) is 14.1. The number of nitrogens with zero attached hydrogens (tertiary/aromatic N) is 1. The zero-order chi connectivity index (χ0) is 20.2. The summed E-state index contributed by atoms with van der Waals surface area (Å²) >= 11 is 0. The average Bonchev–Trinajstić information content (AvgIpc) is 3.19. The predicted molar refractivity (Wildman–Crippen MR) is 115 cm³/mol. The number of rotatable bonds is 6. The molecule has 1 fully saturated rings. The van der Waals surface area contributed by atoms with E-state index in [1.807, 2.05) is 0 Å². The number of amides is 1. The Labute approximate surface area is 171 Å². The van der Waals surface area contributed by atoms with Crippen LogP contribution in [0.4, 0.5) is 0 Å². The van der Waals surface area contributed by atoms with Crippen LogP contribution in [-0.2, 0) is 6.54 Å². The maximum atomic E-state index is 12.7. The van der Waals surface area contributed by atoms with Crippen molar-refractivity contribution in [3.63, 3.8) is 0 Å². The third-order valence-corrected chi connectivity index (χ3v) is 5.44. The van der Waals surface area contributed by atoms with Gasteiger partial charge in [-0.1, -0.05) is 36.4 Å². The van der Waals surface area contributed by atoms with Crippen LogP contribution in [0.3, 0.4) is 0 Å². The molecule has 1 aliphatic heterocycles. The molecule has 1 atom stereocenters. The fraction of sp³-hybridized carbons (Fsp3) is 0.292. The van der Waals surface area contributed by atoms with E-state index in [9.17, 15) is 4.79 Å². The number of hydrogen-bond acceptors (Lipinski definition) is 4. The molecule has 1 aliphatic rings. The van der Waals surface area contributed by atoms with E-state index in [0.717, 1.165) is 26.1 Å². The van der Waals surface area contributed by atoms with Crippen LogP contribution in [0, 0.1) is 0 Å². The Hall–Kier alpha value is -3.05. The van der Waals surface area contributed by atoms with Gasteiger partial charge in [0.15, 0.2) is 0 Å². The number of carbonyl (C=O) groups is 1. The number of hydrogen-bond donors (Lipinski definition) is 1. The normalized spacial score (nSPS) is 16.7. The lowest BCUT2D eigenvalue weighted by Crippen LogP contribution is -2.37. The van der Waals surface area contributed by atoms with Crippen LogP contribution in [0.2, 0.25) is 0 Å². The van der Waals surface area contributed by atoms with Gasteiger partial charge in [-0.15, -0.1) is 0 Å². The van der Waals surface area contributed by atoms with Crippen LogP contribution >= 0.6 is 0 Å². The molecule has 0 spiro atoms. The van der Waals surface area contributed by atoms with Crippen molar-refractivity contribution in [2.45, 2.75) is 19.0 Å². The molecule has 0 aromatic heterocycles. The van der Waals surface area contributed by atoms with E-state index in [1.165, 1.54) is 16.3 Å². The molecule has 5 nitrogen and oxygen atoms in total. The highest BCUT2D eigenvalue weighted by atomic mass is 16.5. The van der Waals surface area contributed by atoms with Crippen LogP contribution in [-0.4, -0.2) is 44.2 Å². The molecule has 3 aromatic carbocycles. The van der Waals surface area contributed by atoms with Crippen molar-refractivity contribution in [1.29, 1.82) is 0 Å². The van der Waals surface area contributed by atoms with Gasteiger partial charge in [0, 0.05) is 37.3 Å². The minimum Gasteiger partial charge on any atom is -0.497 e. The molecule has 4 rings (SSSR count). The van der Waals surface area contributed by atoms with Crippen molar-refractivity contribution in [1.82, 2.24) is 10.2 Å². The summed E-state index contributed by atoms with van der Waals surface area (Å²) in [5.41, 5.74) is 1.85. The zero-order valence-electron chi connectivity index (χ0n) is 16.9. The summed E-state index contributed by atoms with van der Waals surface area (Å²) in [6, 6.07) is 20.4. The number of ether oxygens (including phenoxy) is 2. The van der Waals surface area contributed by atoms with E-state index in [1.54, 1.807) is 32.4 Å². The summed E-state index contributed by atoms with van der Waals surface area (Å²) < 4.78 is 10.5. The number of likely N-dealkylation sites (tertiary alicyclic amines) is 1. The molecule has 1 amide bonds. The topological polar surface area (TPSA) is 50.8 Å². The Balaban J connectivity index is 1.37. The Morgan fingerprint density at radius 2 is 1.72 bits per heavy atom. The Kier molecular flexibility index (Phi) is 5.67. The highest BCUT2D eigenvalue weighted by Crippen LogP contribution is 2.23. The zero-order valence-corrected chi connectivity index (χ0v) is 16.9. The molecule has 1 saturated heterocycles. The van der Waals surface area contributed by atoms with Gasteiger partial charge in [0.05, 0.1) is 14.2 Å². The van der Waals surface area contributed by atoms with E-state index in [-0.39, 0.29) is 11.9 Å². The predicted octanol–water partition coefficient (Wildman–Crippen LogP) is 3.86. The van der Waals surface area contributed by atoms with Crippen molar-refractivity contribution in [3.05, 3.63) is 71.8 Å². The number of carbonyl (C=O) groups excluding carboxylic acids is 1. The quantitative estimate of drug-likeness (QED) is 0.694. The highest BCUT2D eigenvalue weighted by Gasteiger charge is 2.24. The van der Waals surface area contributed by atoms with Gasteiger partial charge in [-0.25, -0.2) is 0 Å². The summed E-state index contributed by atoms with van der Waals surface area (Å²) in [6.07, 6.45) is 0.945. The number of methoxy groups -OCH3 is 2. The van der Waals surface area contributed by atoms with E-state index in [4.69, 9.17) is 9.47 Å². The fourth-order valence-electron chi connectivity index (χ4n) is 3.90. The van der Waals surface area contributed by atoms with Crippen molar-refractivity contribution in [2.24, 2.45) is 0 Å². The van der Waals surface area contributed by atoms with Gasteiger partial charge in [0.25, 0.3) is 5.91 Å². The molecule has 1 unspecified atom stereocenters. The van der Waals surface area contributed by atoms with E-state index >= 15 is 0 Å². The first kappa shape index (κ1) is 19.3. The van der Waals surface area contributed by atoms with E-state index < -0.39 is 0 Å². The molecular formula is C24H26N2O3. The molecule has 1 N–H and O–H groups in total. The minimum atomic E-state index is -0.0974. The van der Waals surface area contributed by atoms with E-state index in [0.29, 0.717) is 17.1 Å². The van der Waals surface area contributed by atoms with Crippen LogP contribution in [0.5, 0.6) is 11.5 Å². The highest BCUT2D eigenvalue weighted by molar-refractivity contribution is 5.95. The second-order valence-electron chi connectivity index (χ2n) is 7.48. The summed E-state index contributed by atoms with van der Waals surface area (Å²) in [7, 11) is 3.16. The molecule has 29 heavy (non-hydrogen) atoms. The molecule has 1 heterocycles. The third kappa shape index (κ3) is 4.51. The van der Waals surface area contributed by atoms with Gasteiger partial charge in [-0.2, -0.15) is 0 Å². The van der Waals surface area contributed by atoms with Crippen molar-refractivity contribution in [3.8, 4) is 11.5 Å². The Bertz CT molecular complexity index is 996. The maximum Gasteiger partial charge on any atom is 0.251 e. The second kappa shape index (κ2) is 8.53. The van der Waals surface area contributed by atoms with Crippen molar-refractivity contribution >= 4 is 16.7 Å². The lowest BCUT2D eigenvalue weighted by Gasteiger charge is -2.17. The second-order valence-corrected chi connectivity index (χ2v) is 7.48. The smallest absolute Gasteiger partial charge is 0.251 e. The Morgan fingerprint density at radius 1 is 1.00 bits per heavy atom. The first-order valence-electron chi connectivity index (χ1n) is 9.88. The molecule has 150 valence electrons. The largest absolute Gasteiger partial charge is 0.497 e. The monoisotopic (exact) mass is 390 g/mol. The minimum absolute atomic E-state index is 0.0974. The SMILES string of the molecule is COc1cc(OC)cc(C(=O)NC2CCN(Cc3ccc4ccccc4c3)C2)c1. The molecule has 0 bridgehead atoms. The molecule has 3 aromatic rings. The summed E-state index contributed by atoms with van der Waals surface area (Å²) in [6.45, 7) is 2.71. The summed E-state index contributed by atoms with van der Waals surface area (Å²) in [4.78, 5) is 15.1. The maximum absolute atomic E-state index is 12.7. The van der Waals surface area contributed by atoms with Crippen LogP contribution in [0.15, 0.2) is 60.7 Å². The number of benzene rings is 3. The third-order valence-electron chi connectivity index (χ3n) is 5.44. The van der Waals surface area contributed by atoms with Gasteiger partial charge >= 0.3 is 0 Å². The lowest BCUT2D eigenvalue weighted by atomic mass is 10.1.